The number of benzene rings is 1. The minimum absolute atomic E-state index is 0.342. The van der Waals surface area contributed by atoms with Gasteiger partial charge >= 0.3 is 0 Å². The first-order valence-corrected chi connectivity index (χ1v) is 6.29. The highest BCUT2D eigenvalue weighted by Crippen LogP contribution is 2.27. The number of rotatable bonds is 3. The molecule has 1 atom stereocenters. The molecule has 0 aliphatic rings. The number of hydrogen-bond acceptors (Lipinski definition) is 5. The van der Waals surface area contributed by atoms with E-state index >= 15 is 0 Å². The van der Waals surface area contributed by atoms with Crippen molar-refractivity contribution in [3.63, 3.8) is 0 Å². The minimum Gasteiger partial charge on any atom is -0.362 e. The first-order chi connectivity index (χ1) is 9.65. The molecule has 1 unspecified atom stereocenters. The summed E-state index contributed by atoms with van der Waals surface area (Å²) in [6, 6.07) is 7.68. The van der Waals surface area contributed by atoms with Crippen molar-refractivity contribution in [2.75, 3.05) is 5.32 Å². The van der Waals surface area contributed by atoms with E-state index in [0.29, 0.717) is 22.1 Å². The lowest BCUT2D eigenvalue weighted by Gasteiger charge is -2.16. The number of aromatic nitrogens is 5. The molecule has 1 N–H and O–H groups in total. The molecule has 0 aliphatic carbocycles. The van der Waals surface area contributed by atoms with E-state index in [9.17, 15) is 4.39 Å². The van der Waals surface area contributed by atoms with Gasteiger partial charge < -0.3 is 5.32 Å². The van der Waals surface area contributed by atoms with Crippen molar-refractivity contribution in [3.8, 4) is 0 Å². The number of nitrogens with one attached hydrogen (secondary N) is 1. The number of halogens is 2. The van der Waals surface area contributed by atoms with Crippen LogP contribution in [0.4, 0.5) is 10.2 Å². The largest absolute Gasteiger partial charge is 0.362 e. The van der Waals surface area contributed by atoms with Crippen molar-refractivity contribution in [3.05, 3.63) is 46.7 Å². The molecule has 20 heavy (non-hydrogen) atoms. The lowest BCUT2D eigenvalue weighted by Crippen LogP contribution is -2.11. The minimum atomic E-state index is -0.360. The summed E-state index contributed by atoms with van der Waals surface area (Å²) in [6.07, 6.45) is 0. The van der Waals surface area contributed by atoms with Crippen LogP contribution >= 0.6 is 11.6 Å². The van der Waals surface area contributed by atoms with Crippen LogP contribution in [-0.4, -0.2) is 25.3 Å². The highest BCUT2D eigenvalue weighted by Gasteiger charge is 2.15. The average molecular weight is 293 g/mol. The van der Waals surface area contributed by atoms with Crippen molar-refractivity contribution in [1.29, 1.82) is 0 Å². The molecular weight excluding hydrogens is 283 g/mol. The molecule has 3 aromatic rings. The van der Waals surface area contributed by atoms with Crippen LogP contribution in [0.2, 0.25) is 5.02 Å². The van der Waals surface area contributed by atoms with Crippen molar-refractivity contribution >= 4 is 23.1 Å². The second-order valence-corrected chi connectivity index (χ2v) is 4.65. The lowest BCUT2D eigenvalue weighted by atomic mass is 10.1. The smallest absolute Gasteiger partial charge is 0.200 e. The van der Waals surface area contributed by atoms with Crippen LogP contribution in [0.3, 0.4) is 0 Å². The third-order valence-electron chi connectivity index (χ3n) is 2.87. The SMILES string of the molecule is CC(Nc1ccc2nnnn2n1)c1c(F)cccc1Cl. The van der Waals surface area contributed by atoms with Gasteiger partial charge in [-0.25, -0.2) is 4.39 Å². The second-order valence-electron chi connectivity index (χ2n) is 4.25. The number of hydrogen-bond donors (Lipinski definition) is 1. The van der Waals surface area contributed by atoms with E-state index in [2.05, 4.69) is 25.9 Å². The van der Waals surface area contributed by atoms with Crippen LogP contribution in [-0.2, 0) is 0 Å². The van der Waals surface area contributed by atoms with E-state index in [1.54, 1.807) is 31.2 Å². The average Bonchev–Trinajstić information content (AvgIpc) is 2.85. The first-order valence-electron chi connectivity index (χ1n) is 5.91. The van der Waals surface area contributed by atoms with Gasteiger partial charge in [-0.2, -0.15) is 0 Å². The summed E-state index contributed by atoms with van der Waals surface area (Å²) in [7, 11) is 0. The Labute approximate surface area is 118 Å². The molecule has 6 nitrogen and oxygen atoms in total. The van der Waals surface area contributed by atoms with E-state index in [4.69, 9.17) is 11.6 Å². The van der Waals surface area contributed by atoms with E-state index in [0.717, 1.165) is 0 Å². The van der Waals surface area contributed by atoms with E-state index in [-0.39, 0.29) is 11.9 Å². The fourth-order valence-corrected chi connectivity index (χ4v) is 2.27. The zero-order valence-corrected chi connectivity index (χ0v) is 11.2. The highest BCUT2D eigenvalue weighted by molar-refractivity contribution is 6.31. The predicted octanol–water partition coefficient (Wildman–Crippen LogP) is 2.48. The van der Waals surface area contributed by atoms with Crippen LogP contribution in [0, 0.1) is 5.82 Å². The Morgan fingerprint density at radius 2 is 2.15 bits per heavy atom. The van der Waals surface area contributed by atoms with Crippen LogP contribution in [0.15, 0.2) is 30.3 Å². The molecule has 2 heterocycles. The molecule has 8 heteroatoms. The van der Waals surface area contributed by atoms with Crippen LogP contribution < -0.4 is 5.32 Å². The maximum Gasteiger partial charge on any atom is 0.200 e. The third-order valence-corrected chi connectivity index (χ3v) is 3.20. The summed E-state index contributed by atoms with van der Waals surface area (Å²) in [4.78, 5) is 0. The molecule has 0 radical (unpaired) electrons. The quantitative estimate of drug-likeness (QED) is 0.803. The Hall–Kier alpha value is -2.28. The Morgan fingerprint density at radius 3 is 2.95 bits per heavy atom. The zero-order chi connectivity index (χ0) is 14.1. The van der Waals surface area contributed by atoms with E-state index in [1.807, 2.05) is 0 Å². The standard InChI is InChI=1S/C12H10ClFN6/c1-7(12-8(13)3-2-4-9(12)14)15-10-5-6-11-16-18-19-20(11)17-10/h2-7H,1H3,(H,15,17). The van der Waals surface area contributed by atoms with Gasteiger partial charge in [0, 0.05) is 10.6 Å². The number of nitrogens with zero attached hydrogens (tertiary/aromatic N) is 5. The van der Waals surface area contributed by atoms with E-state index < -0.39 is 0 Å². The zero-order valence-electron chi connectivity index (χ0n) is 10.5. The highest BCUT2D eigenvalue weighted by atomic mass is 35.5. The Morgan fingerprint density at radius 1 is 1.30 bits per heavy atom. The number of tetrazole rings is 1. The van der Waals surface area contributed by atoms with Crippen molar-refractivity contribution in [1.82, 2.24) is 25.3 Å². The monoisotopic (exact) mass is 292 g/mol. The van der Waals surface area contributed by atoms with E-state index in [1.165, 1.54) is 10.7 Å². The van der Waals surface area contributed by atoms with Crippen molar-refractivity contribution in [2.45, 2.75) is 13.0 Å². The van der Waals surface area contributed by atoms with Gasteiger partial charge in [0.25, 0.3) is 0 Å². The van der Waals surface area contributed by atoms with Crippen molar-refractivity contribution in [2.24, 2.45) is 0 Å². The van der Waals surface area contributed by atoms with Crippen molar-refractivity contribution < 1.29 is 4.39 Å². The molecule has 102 valence electrons. The topological polar surface area (TPSA) is 68.0 Å². The van der Waals surface area contributed by atoms with Gasteiger partial charge in [-0.05, 0) is 41.6 Å². The van der Waals surface area contributed by atoms with Gasteiger partial charge in [-0.15, -0.1) is 14.8 Å². The molecule has 1 aromatic carbocycles. The molecule has 0 saturated carbocycles. The molecule has 0 bridgehead atoms. The lowest BCUT2D eigenvalue weighted by molar-refractivity contribution is 0.599. The summed E-state index contributed by atoms with van der Waals surface area (Å²) >= 11 is 6.03. The molecule has 0 saturated heterocycles. The van der Waals surface area contributed by atoms with Crippen LogP contribution in [0.25, 0.3) is 5.65 Å². The normalized spacial score (nSPS) is 12.6. The Bertz CT molecular complexity index is 738. The molecule has 3 rings (SSSR count). The van der Waals surface area contributed by atoms with Gasteiger partial charge in [0.1, 0.15) is 11.6 Å². The summed E-state index contributed by atoms with van der Waals surface area (Å²) in [5, 5.41) is 18.6. The second kappa shape index (κ2) is 5.01. The molecule has 0 aliphatic heterocycles. The fraction of sp³-hybridized carbons (Fsp3) is 0.167. The Balaban J connectivity index is 1.90. The number of anilines is 1. The molecular formula is C12H10ClFN6. The van der Waals surface area contributed by atoms with Gasteiger partial charge in [0.05, 0.1) is 6.04 Å². The predicted molar refractivity (Wildman–Crippen MR) is 72.0 cm³/mol. The molecule has 2 aromatic heterocycles. The van der Waals surface area contributed by atoms with Crippen LogP contribution in [0.1, 0.15) is 18.5 Å². The fourth-order valence-electron chi connectivity index (χ4n) is 1.94. The van der Waals surface area contributed by atoms with Gasteiger partial charge in [0.2, 0.25) is 0 Å². The van der Waals surface area contributed by atoms with Gasteiger partial charge in [-0.1, -0.05) is 17.7 Å². The Kier molecular flexibility index (Phi) is 3.19. The summed E-state index contributed by atoms with van der Waals surface area (Å²) in [6.45, 7) is 1.80. The number of fused-ring (bicyclic) bond motifs is 1. The first kappa shape index (κ1) is 12.7. The maximum absolute atomic E-state index is 13.8. The van der Waals surface area contributed by atoms with Gasteiger partial charge in [-0.3, -0.25) is 0 Å². The molecule has 0 amide bonds. The summed E-state index contributed by atoms with van der Waals surface area (Å²) in [5.41, 5.74) is 0.930. The summed E-state index contributed by atoms with van der Waals surface area (Å²) < 4.78 is 15.1. The molecule has 0 fully saturated rings. The van der Waals surface area contributed by atoms with Crippen LogP contribution in [0.5, 0.6) is 0 Å². The molecule has 0 spiro atoms. The third kappa shape index (κ3) is 2.27. The summed E-state index contributed by atoms with van der Waals surface area (Å²) in [5.74, 6) is 0.164. The van der Waals surface area contributed by atoms with Gasteiger partial charge in [0.15, 0.2) is 5.65 Å². The maximum atomic E-state index is 13.8.